The van der Waals surface area contributed by atoms with E-state index in [1.807, 2.05) is 43.3 Å². The highest BCUT2D eigenvalue weighted by Crippen LogP contribution is 2.36. The maximum atomic E-state index is 12.8. The van der Waals surface area contributed by atoms with Crippen LogP contribution in [0.15, 0.2) is 48.5 Å². The summed E-state index contributed by atoms with van der Waals surface area (Å²) in [6.45, 7) is 4.02. The second kappa shape index (κ2) is 7.91. The first-order chi connectivity index (χ1) is 14.0. The Labute approximate surface area is 176 Å². The molecule has 0 saturated carbocycles. The lowest BCUT2D eigenvalue weighted by Gasteiger charge is -2.44. The first kappa shape index (κ1) is 19.5. The molecule has 0 atom stereocenters. The average Bonchev–Trinajstić information content (AvgIpc) is 3.05. The van der Waals surface area contributed by atoms with Gasteiger partial charge in [-0.3, -0.25) is 4.79 Å². The van der Waals surface area contributed by atoms with Crippen molar-refractivity contribution in [2.24, 2.45) is 0 Å². The highest BCUT2D eigenvalue weighted by atomic mass is 32.1. The van der Waals surface area contributed by atoms with Crippen LogP contribution in [-0.2, 0) is 4.79 Å². The van der Waals surface area contributed by atoms with Crippen molar-refractivity contribution in [2.45, 2.75) is 25.3 Å². The molecule has 2 aliphatic rings. The number of carbonyl (C=O) groups is 1. The number of aryl methyl sites for hydroxylation is 1. The Morgan fingerprint density at radius 3 is 2.59 bits per heavy atom. The van der Waals surface area contributed by atoms with E-state index >= 15 is 0 Å². The average molecular weight is 411 g/mol. The number of nitrogens with one attached hydrogen (secondary N) is 2. The number of rotatable bonds is 3. The molecular weight excluding hydrogens is 384 g/mol. The number of carbonyl (C=O) groups excluding carboxylic acids is 1. The monoisotopic (exact) mass is 410 g/mol. The zero-order chi connectivity index (χ0) is 20.4. The van der Waals surface area contributed by atoms with E-state index in [0.717, 1.165) is 48.6 Å². The van der Waals surface area contributed by atoms with Gasteiger partial charge in [0, 0.05) is 18.8 Å². The highest BCUT2D eigenvalue weighted by molar-refractivity contribution is 7.80. The van der Waals surface area contributed by atoms with E-state index in [1.165, 1.54) is 0 Å². The summed E-state index contributed by atoms with van der Waals surface area (Å²) in [5.74, 6) is 0.872. The molecule has 1 amide bonds. The van der Waals surface area contributed by atoms with E-state index in [-0.39, 0.29) is 5.91 Å². The van der Waals surface area contributed by atoms with Crippen molar-refractivity contribution in [3.05, 3.63) is 54.1 Å². The van der Waals surface area contributed by atoms with Crippen molar-refractivity contribution in [3.63, 3.8) is 0 Å². The first-order valence-corrected chi connectivity index (χ1v) is 10.3. The number of anilines is 2. The molecule has 7 heteroatoms. The van der Waals surface area contributed by atoms with E-state index in [4.69, 9.17) is 17.0 Å². The number of ether oxygens (including phenoxy) is 1. The molecule has 2 fully saturated rings. The lowest BCUT2D eigenvalue weighted by atomic mass is 9.86. The smallest absolute Gasteiger partial charge is 0.247 e. The molecule has 6 nitrogen and oxygen atoms in total. The van der Waals surface area contributed by atoms with Crippen molar-refractivity contribution in [2.75, 3.05) is 37.1 Å². The summed E-state index contributed by atoms with van der Waals surface area (Å²) in [5.41, 5.74) is 2.57. The molecule has 2 aliphatic heterocycles. The Bertz CT molecular complexity index is 910. The standard InChI is InChI=1S/C22H26N4O2S/c1-16-8-9-19(28-2)18(14-16)24-21(29)25-12-10-22(11-13-25)20(27)23-15-26(22)17-6-4-3-5-7-17/h3-9,14H,10-13,15H2,1-2H3,(H,23,27)(H,24,29). The number of amides is 1. The maximum Gasteiger partial charge on any atom is 0.247 e. The van der Waals surface area contributed by atoms with E-state index in [0.29, 0.717) is 11.8 Å². The van der Waals surface area contributed by atoms with Gasteiger partial charge in [0.25, 0.3) is 0 Å². The van der Waals surface area contributed by atoms with Gasteiger partial charge in [-0.15, -0.1) is 0 Å². The van der Waals surface area contributed by atoms with Crippen LogP contribution < -0.4 is 20.3 Å². The number of thiocarbonyl (C=S) groups is 1. The number of likely N-dealkylation sites (tertiary alicyclic amines) is 1. The summed E-state index contributed by atoms with van der Waals surface area (Å²) >= 11 is 5.67. The van der Waals surface area contributed by atoms with Crippen molar-refractivity contribution in [1.82, 2.24) is 10.2 Å². The quantitative estimate of drug-likeness (QED) is 0.759. The van der Waals surface area contributed by atoms with Crippen LogP contribution in [-0.4, -0.2) is 48.3 Å². The Morgan fingerprint density at radius 1 is 1.17 bits per heavy atom. The molecule has 0 bridgehead atoms. The van der Waals surface area contributed by atoms with Gasteiger partial charge in [0.1, 0.15) is 11.3 Å². The normalized spacial score (nSPS) is 17.9. The maximum absolute atomic E-state index is 12.8. The molecule has 0 aliphatic carbocycles. The fraction of sp³-hybridized carbons (Fsp3) is 0.364. The van der Waals surface area contributed by atoms with E-state index in [1.54, 1.807) is 7.11 Å². The van der Waals surface area contributed by atoms with E-state index < -0.39 is 5.54 Å². The predicted molar refractivity (Wildman–Crippen MR) is 119 cm³/mol. The molecule has 29 heavy (non-hydrogen) atoms. The Morgan fingerprint density at radius 2 is 1.90 bits per heavy atom. The number of piperidine rings is 1. The molecule has 0 unspecified atom stereocenters. The predicted octanol–water partition coefficient (Wildman–Crippen LogP) is 3.13. The summed E-state index contributed by atoms with van der Waals surface area (Å²) in [6.07, 6.45) is 1.45. The third kappa shape index (κ3) is 3.62. The summed E-state index contributed by atoms with van der Waals surface area (Å²) in [7, 11) is 1.65. The lowest BCUT2D eigenvalue weighted by molar-refractivity contribution is -0.124. The van der Waals surface area contributed by atoms with Gasteiger partial charge in [0.15, 0.2) is 5.11 Å². The zero-order valence-corrected chi connectivity index (χ0v) is 17.6. The first-order valence-electron chi connectivity index (χ1n) is 9.85. The van der Waals surface area contributed by atoms with Crippen LogP contribution >= 0.6 is 12.2 Å². The van der Waals surface area contributed by atoms with Gasteiger partial charge in [0.05, 0.1) is 19.5 Å². The Kier molecular flexibility index (Phi) is 5.32. The molecule has 2 heterocycles. The number of nitrogens with zero attached hydrogens (tertiary/aromatic N) is 2. The summed E-state index contributed by atoms with van der Waals surface area (Å²) in [5, 5.41) is 7.02. The third-order valence-corrected chi connectivity index (χ3v) is 6.24. The van der Waals surface area contributed by atoms with Crippen LogP contribution in [0.25, 0.3) is 0 Å². The molecular formula is C22H26N4O2S. The van der Waals surface area contributed by atoms with E-state index in [2.05, 4.69) is 32.6 Å². The van der Waals surface area contributed by atoms with Crippen molar-refractivity contribution in [1.29, 1.82) is 0 Å². The van der Waals surface area contributed by atoms with Crippen molar-refractivity contribution < 1.29 is 9.53 Å². The molecule has 2 N–H and O–H groups in total. The van der Waals surface area contributed by atoms with Crippen LogP contribution in [0.5, 0.6) is 5.75 Å². The molecule has 0 aromatic heterocycles. The molecule has 1 spiro atoms. The number of benzene rings is 2. The van der Waals surface area contributed by atoms with Crippen LogP contribution in [0.3, 0.4) is 0 Å². The minimum Gasteiger partial charge on any atom is -0.495 e. The van der Waals surface area contributed by atoms with Crippen LogP contribution in [0, 0.1) is 6.92 Å². The summed E-state index contributed by atoms with van der Waals surface area (Å²) in [4.78, 5) is 17.1. The SMILES string of the molecule is COc1ccc(C)cc1NC(=S)N1CCC2(CC1)C(=O)NCN2c1ccccc1. The number of para-hydroxylation sites is 1. The molecule has 152 valence electrons. The minimum absolute atomic E-state index is 0.111. The van der Waals surface area contributed by atoms with Gasteiger partial charge in [-0.2, -0.15) is 0 Å². The number of hydrogen-bond acceptors (Lipinski definition) is 4. The molecule has 2 aromatic carbocycles. The van der Waals surface area contributed by atoms with Crippen molar-refractivity contribution in [3.8, 4) is 5.75 Å². The summed E-state index contributed by atoms with van der Waals surface area (Å²) in [6, 6.07) is 16.1. The van der Waals surface area contributed by atoms with Gasteiger partial charge < -0.3 is 25.2 Å². The lowest BCUT2D eigenvalue weighted by Crippen LogP contribution is -2.57. The molecule has 0 radical (unpaired) electrons. The third-order valence-electron chi connectivity index (χ3n) is 5.88. The van der Waals surface area contributed by atoms with Gasteiger partial charge >= 0.3 is 0 Å². The topological polar surface area (TPSA) is 56.8 Å². The van der Waals surface area contributed by atoms with Crippen molar-refractivity contribution >= 4 is 34.6 Å². The summed E-state index contributed by atoms with van der Waals surface area (Å²) < 4.78 is 5.44. The largest absolute Gasteiger partial charge is 0.495 e. The molecule has 4 rings (SSSR count). The fourth-order valence-corrected chi connectivity index (χ4v) is 4.52. The second-order valence-electron chi connectivity index (χ2n) is 7.58. The zero-order valence-electron chi connectivity index (χ0n) is 16.8. The van der Waals surface area contributed by atoms with Crippen LogP contribution in [0.2, 0.25) is 0 Å². The van der Waals surface area contributed by atoms with Gasteiger partial charge in [0.2, 0.25) is 5.91 Å². The number of methoxy groups -OCH3 is 1. The van der Waals surface area contributed by atoms with Gasteiger partial charge in [-0.05, 0) is 61.8 Å². The van der Waals surface area contributed by atoms with Crippen LogP contribution in [0.1, 0.15) is 18.4 Å². The molecule has 2 aromatic rings. The number of hydrogen-bond donors (Lipinski definition) is 2. The second-order valence-corrected chi connectivity index (χ2v) is 7.97. The fourth-order valence-electron chi connectivity index (χ4n) is 4.23. The van der Waals surface area contributed by atoms with E-state index in [9.17, 15) is 4.79 Å². The minimum atomic E-state index is -0.505. The van der Waals surface area contributed by atoms with Crippen LogP contribution in [0.4, 0.5) is 11.4 Å². The Hall–Kier alpha value is -2.80. The van der Waals surface area contributed by atoms with Gasteiger partial charge in [-0.25, -0.2) is 0 Å². The van der Waals surface area contributed by atoms with Gasteiger partial charge in [-0.1, -0.05) is 24.3 Å². The highest BCUT2D eigenvalue weighted by Gasteiger charge is 2.50. The molecule has 2 saturated heterocycles. The Balaban J connectivity index is 1.47.